The third-order valence-electron chi connectivity index (χ3n) is 9.91. The van der Waals surface area contributed by atoms with Gasteiger partial charge in [-0.25, -0.2) is 0 Å². The molecule has 8 nitrogen and oxygen atoms in total. The number of quaternary nitrogens is 1. The van der Waals surface area contributed by atoms with Crippen molar-refractivity contribution in [2.24, 2.45) is 0 Å². The lowest BCUT2D eigenvalue weighted by atomic mass is 10.1. The lowest BCUT2D eigenvalue weighted by Gasteiger charge is -2.28. The Morgan fingerprint density at radius 3 is 1.50 bits per heavy atom. The summed E-state index contributed by atoms with van der Waals surface area (Å²) >= 11 is 0. The largest absolute Gasteiger partial charge is 0.756 e. The van der Waals surface area contributed by atoms with Crippen molar-refractivity contribution in [3.63, 3.8) is 0 Å². The van der Waals surface area contributed by atoms with Gasteiger partial charge in [0.1, 0.15) is 19.3 Å². The van der Waals surface area contributed by atoms with Gasteiger partial charge < -0.3 is 27.9 Å². The van der Waals surface area contributed by atoms with E-state index >= 15 is 0 Å². The number of esters is 1. The molecule has 0 aromatic rings. The summed E-state index contributed by atoms with van der Waals surface area (Å²) in [7, 11) is 1.35. The predicted molar refractivity (Wildman–Crippen MR) is 236 cm³/mol. The number of rotatable bonds is 43. The number of unbranched alkanes of at least 4 members (excludes halogenated alkanes) is 23. The summed E-state index contributed by atoms with van der Waals surface area (Å²) in [6, 6.07) is 0. The van der Waals surface area contributed by atoms with Crippen LogP contribution in [0.2, 0.25) is 0 Å². The first-order valence-corrected chi connectivity index (χ1v) is 24.7. The predicted octanol–water partition coefficient (Wildman–Crippen LogP) is 13.1. The monoisotopic (exact) mass is 812 g/mol. The standard InChI is InChI=1S/C47H90NO7P/c1-6-8-10-12-14-16-18-20-22-24-26-28-30-32-34-36-38-40-47(49)55-46(45-54-56(50,51)53-43-41-48(3,4)5)44-52-42-39-37-35-33-31-29-27-25-23-21-19-17-15-13-11-9-7-2/h14,16,20,22-23,25,46H,6-13,15,17-19,21,24,26-45H2,1-5H3/b16-14-,22-20-,25-23-. The molecule has 0 spiro atoms. The van der Waals surface area contributed by atoms with Crippen molar-refractivity contribution in [1.82, 2.24) is 0 Å². The molecule has 9 heteroatoms. The third kappa shape index (κ3) is 43.8. The minimum absolute atomic E-state index is 0.0232. The number of hydrogen-bond donors (Lipinski definition) is 0. The minimum Gasteiger partial charge on any atom is -0.756 e. The maximum Gasteiger partial charge on any atom is 0.306 e. The Bertz CT molecular complexity index is 994. The summed E-state index contributed by atoms with van der Waals surface area (Å²) in [5.41, 5.74) is 0. The molecule has 2 atom stereocenters. The highest BCUT2D eigenvalue weighted by Crippen LogP contribution is 2.38. The summed E-state index contributed by atoms with van der Waals surface area (Å²) in [5.74, 6) is -0.343. The zero-order chi connectivity index (χ0) is 41.3. The van der Waals surface area contributed by atoms with Gasteiger partial charge >= 0.3 is 5.97 Å². The fraction of sp³-hybridized carbons (Fsp3) is 0.851. The van der Waals surface area contributed by atoms with Crippen LogP contribution in [-0.2, 0) is 27.9 Å². The maximum absolute atomic E-state index is 12.7. The van der Waals surface area contributed by atoms with Crippen LogP contribution in [0.15, 0.2) is 36.5 Å². The molecule has 0 N–H and O–H groups in total. The number of carbonyl (C=O) groups is 1. The van der Waals surface area contributed by atoms with Crippen molar-refractivity contribution in [2.75, 3.05) is 54.1 Å². The zero-order valence-electron chi connectivity index (χ0n) is 37.3. The van der Waals surface area contributed by atoms with Crippen LogP contribution >= 0.6 is 7.82 Å². The summed E-state index contributed by atoms with van der Waals surface area (Å²) in [6.07, 6.45) is 47.2. The Balaban J connectivity index is 4.23. The molecule has 0 fully saturated rings. The highest BCUT2D eigenvalue weighted by atomic mass is 31.2. The molecular weight excluding hydrogens is 721 g/mol. The summed E-state index contributed by atoms with van der Waals surface area (Å²) < 4.78 is 34.6. The summed E-state index contributed by atoms with van der Waals surface area (Å²) in [4.78, 5) is 25.1. The summed E-state index contributed by atoms with van der Waals surface area (Å²) in [5, 5.41) is 0. The van der Waals surface area contributed by atoms with Gasteiger partial charge in [0.2, 0.25) is 0 Å². The normalized spacial score (nSPS) is 14.0. The van der Waals surface area contributed by atoms with Crippen LogP contribution in [0.5, 0.6) is 0 Å². The number of nitrogens with zero attached hydrogens (tertiary/aromatic N) is 1. The van der Waals surface area contributed by atoms with E-state index in [-0.39, 0.29) is 25.8 Å². The van der Waals surface area contributed by atoms with Crippen molar-refractivity contribution < 1.29 is 37.3 Å². The second-order valence-electron chi connectivity index (χ2n) is 16.8. The van der Waals surface area contributed by atoms with Gasteiger partial charge in [-0.15, -0.1) is 0 Å². The van der Waals surface area contributed by atoms with Gasteiger partial charge in [0.25, 0.3) is 7.82 Å². The van der Waals surface area contributed by atoms with Crippen molar-refractivity contribution in [1.29, 1.82) is 0 Å². The van der Waals surface area contributed by atoms with E-state index in [0.717, 1.165) is 44.9 Å². The van der Waals surface area contributed by atoms with Crippen molar-refractivity contribution in [2.45, 2.75) is 206 Å². The number of likely N-dealkylation sites (N-methyl/N-ethyl adjacent to an activating group) is 1. The van der Waals surface area contributed by atoms with Crippen LogP contribution in [0.25, 0.3) is 0 Å². The van der Waals surface area contributed by atoms with Crippen molar-refractivity contribution >= 4 is 13.8 Å². The van der Waals surface area contributed by atoms with E-state index in [0.29, 0.717) is 24.1 Å². The molecule has 0 aliphatic carbocycles. The first-order chi connectivity index (χ1) is 27.1. The number of allylic oxidation sites excluding steroid dienone is 6. The van der Waals surface area contributed by atoms with Crippen LogP contribution in [0, 0.1) is 0 Å². The molecule has 0 saturated heterocycles. The lowest BCUT2D eigenvalue weighted by Crippen LogP contribution is -2.37. The van der Waals surface area contributed by atoms with Gasteiger partial charge in [0.05, 0.1) is 34.4 Å². The van der Waals surface area contributed by atoms with Gasteiger partial charge in [0, 0.05) is 13.0 Å². The van der Waals surface area contributed by atoms with Gasteiger partial charge in [-0.2, -0.15) is 0 Å². The van der Waals surface area contributed by atoms with Crippen LogP contribution < -0.4 is 4.89 Å². The van der Waals surface area contributed by atoms with Crippen LogP contribution in [-0.4, -0.2) is 70.7 Å². The highest BCUT2D eigenvalue weighted by molar-refractivity contribution is 7.45. The molecule has 0 radical (unpaired) electrons. The zero-order valence-corrected chi connectivity index (χ0v) is 38.2. The van der Waals surface area contributed by atoms with E-state index in [2.05, 4.69) is 50.3 Å². The molecule has 0 aliphatic heterocycles. The molecule has 0 aliphatic rings. The molecular formula is C47H90NO7P. The topological polar surface area (TPSA) is 94.1 Å². The molecule has 0 amide bonds. The lowest BCUT2D eigenvalue weighted by molar-refractivity contribution is -0.870. The van der Waals surface area contributed by atoms with E-state index in [9.17, 15) is 14.3 Å². The first-order valence-electron chi connectivity index (χ1n) is 23.2. The SMILES string of the molecule is CCCCC/C=C\C/C=C\CCCCCCCCCC(=O)OC(COCCCCCCCC/C=C\CCCCCCCCC)COP(=O)([O-])OCC[N+](C)(C)C. The van der Waals surface area contributed by atoms with Crippen LogP contribution in [0.4, 0.5) is 0 Å². The van der Waals surface area contributed by atoms with E-state index in [1.165, 1.54) is 135 Å². The fourth-order valence-corrected chi connectivity index (χ4v) is 7.01. The Hall–Kier alpha value is -1.28. The molecule has 0 rings (SSSR count). The van der Waals surface area contributed by atoms with Crippen LogP contribution in [0.3, 0.4) is 0 Å². The van der Waals surface area contributed by atoms with E-state index in [1.54, 1.807) is 0 Å². The molecule has 0 aromatic heterocycles. The van der Waals surface area contributed by atoms with E-state index in [4.69, 9.17) is 18.5 Å². The van der Waals surface area contributed by atoms with Crippen molar-refractivity contribution in [3.05, 3.63) is 36.5 Å². The van der Waals surface area contributed by atoms with E-state index in [1.807, 2.05) is 21.1 Å². The first kappa shape index (κ1) is 54.7. The smallest absolute Gasteiger partial charge is 0.306 e. The third-order valence-corrected chi connectivity index (χ3v) is 10.9. The highest BCUT2D eigenvalue weighted by Gasteiger charge is 2.20. The van der Waals surface area contributed by atoms with Gasteiger partial charge in [-0.1, -0.05) is 159 Å². The Morgan fingerprint density at radius 2 is 0.982 bits per heavy atom. The second kappa shape index (κ2) is 40.5. The maximum atomic E-state index is 12.7. The molecule has 0 heterocycles. The van der Waals surface area contributed by atoms with Gasteiger partial charge in [0.15, 0.2) is 0 Å². The van der Waals surface area contributed by atoms with Gasteiger partial charge in [-0.3, -0.25) is 9.36 Å². The molecule has 56 heavy (non-hydrogen) atoms. The Labute approximate surface area is 346 Å². The number of carbonyl (C=O) groups excluding carboxylic acids is 1. The minimum atomic E-state index is -4.53. The fourth-order valence-electron chi connectivity index (χ4n) is 6.28. The van der Waals surface area contributed by atoms with Gasteiger partial charge in [-0.05, 0) is 70.6 Å². The summed E-state index contributed by atoms with van der Waals surface area (Å²) in [6.45, 7) is 5.37. The average Bonchev–Trinajstić information content (AvgIpc) is 3.15. The number of ether oxygens (including phenoxy) is 2. The van der Waals surface area contributed by atoms with Crippen LogP contribution in [0.1, 0.15) is 200 Å². The molecule has 0 bridgehead atoms. The quantitative estimate of drug-likeness (QED) is 0.0199. The van der Waals surface area contributed by atoms with Crippen molar-refractivity contribution in [3.8, 4) is 0 Å². The number of hydrogen-bond acceptors (Lipinski definition) is 7. The Kier molecular flexibility index (Phi) is 39.6. The molecule has 0 aromatic carbocycles. The number of phosphoric acid groups is 1. The second-order valence-corrected chi connectivity index (χ2v) is 18.2. The molecule has 0 saturated carbocycles. The number of phosphoric ester groups is 1. The molecule has 330 valence electrons. The molecule has 2 unspecified atom stereocenters. The van der Waals surface area contributed by atoms with E-state index < -0.39 is 13.9 Å². The Morgan fingerprint density at radius 1 is 0.554 bits per heavy atom. The average molecular weight is 812 g/mol.